The summed E-state index contributed by atoms with van der Waals surface area (Å²) in [6, 6.07) is -0.825. The molecule has 5 nitrogen and oxygen atoms in total. The Morgan fingerprint density at radius 1 is 1.88 bits per heavy atom. The van der Waals surface area contributed by atoms with E-state index < -0.39 is 6.03 Å². The molecule has 0 saturated heterocycles. The molecule has 0 aromatic heterocycles. The van der Waals surface area contributed by atoms with E-state index in [1.54, 1.807) is 22.6 Å². The van der Waals surface area contributed by atoms with Gasteiger partial charge < -0.3 is 5.73 Å². The molecule has 0 unspecified atom stereocenters. The van der Waals surface area contributed by atoms with Crippen molar-refractivity contribution >= 4 is 28.6 Å². The van der Waals surface area contributed by atoms with E-state index in [-0.39, 0.29) is 4.55 Å². The molecule has 6 heteroatoms. The number of halogens is 1. The van der Waals surface area contributed by atoms with E-state index in [0.717, 1.165) is 0 Å². The van der Waals surface area contributed by atoms with Gasteiger partial charge in [-0.1, -0.05) is 22.6 Å². The Morgan fingerprint density at radius 2 is 2.38 bits per heavy atom. The van der Waals surface area contributed by atoms with E-state index in [2.05, 4.69) is 11.0 Å². The molecular formula is C2H4IN3O2. The number of hydrogen-bond acceptors (Lipinski definition) is 3. The number of hydrogen-bond donors (Lipinski definition) is 1. The second-order valence-corrected chi connectivity index (χ2v) is 1.62. The van der Waals surface area contributed by atoms with Gasteiger partial charge >= 0.3 is 6.03 Å². The molecule has 2 N–H and O–H groups in total. The van der Waals surface area contributed by atoms with Crippen LogP contribution in [0.15, 0.2) is 5.29 Å². The van der Waals surface area contributed by atoms with Crippen molar-refractivity contribution in [2.24, 2.45) is 11.0 Å². The highest BCUT2D eigenvalue weighted by atomic mass is 127. The number of nitrogens with two attached hydrogens (primary N) is 1. The van der Waals surface area contributed by atoms with Gasteiger partial charge in [-0.3, -0.25) is 0 Å². The summed E-state index contributed by atoms with van der Waals surface area (Å²) in [5.41, 5.74) is 4.65. The van der Waals surface area contributed by atoms with Gasteiger partial charge in [0.25, 0.3) is 0 Å². The van der Waals surface area contributed by atoms with Gasteiger partial charge in [0.1, 0.15) is 4.55 Å². The number of urea groups is 1. The van der Waals surface area contributed by atoms with Gasteiger partial charge in [-0.15, -0.1) is 4.91 Å². The second-order valence-electron chi connectivity index (χ2n) is 0.939. The minimum atomic E-state index is -0.825. The minimum Gasteiger partial charge on any atom is -0.350 e. The zero-order chi connectivity index (χ0) is 6.57. The molecular weight excluding hydrogens is 225 g/mol. The molecule has 0 aromatic carbocycles. The molecule has 0 aromatic rings. The standard InChI is InChI=1S/C2H4IN3O2/c3-1-6(5-8)2(4)7/h1H2,(H2,4,7). The summed E-state index contributed by atoms with van der Waals surface area (Å²) >= 11 is 1.80. The summed E-state index contributed by atoms with van der Waals surface area (Å²) in [4.78, 5) is 19.6. The Hall–Kier alpha value is -0.400. The van der Waals surface area contributed by atoms with E-state index in [0.29, 0.717) is 5.01 Å². The van der Waals surface area contributed by atoms with Crippen LogP contribution in [0.2, 0.25) is 0 Å². The highest BCUT2D eigenvalue weighted by molar-refractivity contribution is 14.1. The predicted octanol–water partition coefficient (Wildman–Crippen LogP) is 0.441. The summed E-state index contributed by atoms with van der Waals surface area (Å²) in [5.74, 6) is 0. The fourth-order valence-electron chi connectivity index (χ4n) is 0.121. The van der Waals surface area contributed by atoms with Crippen molar-refractivity contribution in [3.8, 4) is 0 Å². The summed E-state index contributed by atoms with van der Waals surface area (Å²) in [5, 5.41) is 2.92. The van der Waals surface area contributed by atoms with E-state index in [1.165, 1.54) is 0 Å². The average molecular weight is 229 g/mol. The number of nitroso groups, excluding NO2 is 1. The molecule has 0 fully saturated rings. The van der Waals surface area contributed by atoms with E-state index >= 15 is 0 Å². The zero-order valence-electron chi connectivity index (χ0n) is 3.87. The summed E-state index contributed by atoms with van der Waals surface area (Å²) < 4.78 is 0.191. The van der Waals surface area contributed by atoms with Gasteiger partial charge in [0.05, 0.1) is 5.29 Å². The lowest BCUT2D eigenvalue weighted by Crippen LogP contribution is -2.29. The molecule has 0 heterocycles. The monoisotopic (exact) mass is 229 g/mol. The van der Waals surface area contributed by atoms with Gasteiger partial charge in [-0.25, -0.2) is 4.79 Å². The van der Waals surface area contributed by atoms with Crippen LogP contribution in [0.5, 0.6) is 0 Å². The maximum Gasteiger partial charge on any atom is 0.338 e. The Morgan fingerprint density at radius 3 is 2.38 bits per heavy atom. The largest absolute Gasteiger partial charge is 0.350 e. The van der Waals surface area contributed by atoms with Crippen LogP contribution in [0, 0.1) is 4.91 Å². The Bertz CT molecular complexity index is 105. The van der Waals surface area contributed by atoms with Crippen LogP contribution in [0.4, 0.5) is 4.79 Å². The van der Waals surface area contributed by atoms with Crippen molar-refractivity contribution in [1.82, 2.24) is 5.01 Å². The SMILES string of the molecule is NC(=O)N(CI)N=O. The number of amides is 2. The minimum absolute atomic E-state index is 0.191. The first-order valence-corrected chi connectivity index (χ1v) is 3.21. The summed E-state index contributed by atoms with van der Waals surface area (Å²) in [6.45, 7) is 0. The van der Waals surface area contributed by atoms with Crippen LogP contribution < -0.4 is 5.73 Å². The normalized spacial score (nSPS) is 8.12. The van der Waals surface area contributed by atoms with Gasteiger partial charge in [0, 0.05) is 0 Å². The van der Waals surface area contributed by atoms with E-state index in [9.17, 15) is 9.70 Å². The number of nitrogens with zero attached hydrogens (tertiary/aromatic N) is 2. The molecule has 0 saturated carbocycles. The van der Waals surface area contributed by atoms with Crippen LogP contribution in [0.3, 0.4) is 0 Å². The first kappa shape index (κ1) is 7.60. The maximum atomic E-state index is 10.0. The lowest BCUT2D eigenvalue weighted by atomic mass is 11.0. The van der Waals surface area contributed by atoms with Crippen molar-refractivity contribution < 1.29 is 4.79 Å². The Labute approximate surface area is 59.3 Å². The molecule has 8 heavy (non-hydrogen) atoms. The topological polar surface area (TPSA) is 75.8 Å². The molecule has 2 amide bonds. The fraction of sp³-hybridized carbons (Fsp3) is 0.500. The van der Waals surface area contributed by atoms with Crippen LogP contribution in [0.1, 0.15) is 0 Å². The van der Waals surface area contributed by atoms with Gasteiger partial charge in [0.2, 0.25) is 0 Å². The van der Waals surface area contributed by atoms with Gasteiger partial charge in [0.15, 0.2) is 0 Å². The Balaban J connectivity index is 3.69. The van der Waals surface area contributed by atoms with Crippen LogP contribution in [0.25, 0.3) is 0 Å². The molecule has 0 rings (SSSR count). The summed E-state index contributed by atoms with van der Waals surface area (Å²) in [7, 11) is 0. The van der Waals surface area contributed by atoms with Crippen LogP contribution in [-0.2, 0) is 0 Å². The lowest BCUT2D eigenvalue weighted by molar-refractivity contribution is 0.219. The third kappa shape index (κ3) is 2.05. The molecule has 0 radical (unpaired) electrons. The first-order valence-electron chi connectivity index (χ1n) is 1.68. The fourth-order valence-corrected chi connectivity index (χ4v) is 0.582. The molecule has 0 atom stereocenters. The van der Waals surface area contributed by atoms with Crippen LogP contribution in [-0.4, -0.2) is 15.6 Å². The van der Waals surface area contributed by atoms with E-state index in [1.807, 2.05) is 0 Å². The van der Waals surface area contributed by atoms with Crippen molar-refractivity contribution in [2.45, 2.75) is 0 Å². The third-order valence-corrected chi connectivity index (χ3v) is 1.11. The molecule has 0 aliphatic heterocycles. The van der Waals surface area contributed by atoms with Crippen molar-refractivity contribution in [1.29, 1.82) is 0 Å². The van der Waals surface area contributed by atoms with Crippen molar-refractivity contribution in [3.63, 3.8) is 0 Å². The number of alkyl halides is 1. The van der Waals surface area contributed by atoms with Gasteiger partial charge in [-0.2, -0.15) is 5.01 Å². The third-order valence-electron chi connectivity index (χ3n) is 0.466. The van der Waals surface area contributed by atoms with Gasteiger partial charge in [-0.05, 0) is 0 Å². The van der Waals surface area contributed by atoms with Crippen LogP contribution >= 0.6 is 22.6 Å². The van der Waals surface area contributed by atoms with Crippen molar-refractivity contribution in [2.75, 3.05) is 4.55 Å². The lowest BCUT2D eigenvalue weighted by Gasteiger charge is -2.02. The van der Waals surface area contributed by atoms with E-state index in [4.69, 9.17) is 0 Å². The molecule has 0 bridgehead atoms. The smallest absolute Gasteiger partial charge is 0.338 e. The predicted molar refractivity (Wildman–Crippen MR) is 36.1 cm³/mol. The number of carbonyl (C=O) groups excluding carboxylic acids is 1. The highest BCUT2D eigenvalue weighted by Crippen LogP contribution is 1.91. The molecule has 46 valence electrons. The van der Waals surface area contributed by atoms with Crippen molar-refractivity contribution in [3.05, 3.63) is 4.91 Å². The first-order chi connectivity index (χ1) is 3.72. The maximum absolute atomic E-state index is 10.0. The number of carbonyl (C=O) groups is 1. The molecule has 0 spiro atoms. The second kappa shape index (κ2) is 3.58. The summed E-state index contributed by atoms with van der Waals surface area (Å²) in [6.07, 6.45) is 0. The quantitative estimate of drug-likeness (QED) is 0.245. The Kier molecular flexibility index (Phi) is 3.40. The highest BCUT2D eigenvalue weighted by Gasteiger charge is 2.04. The molecule has 0 aliphatic carbocycles. The number of primary amides is 1. The average Bonchev–Trinajstić information content (AvgIpc) is 1.69. The molecule has 0 aliphatic rings. The number of rotatable bonds is 2. The zero-order valence-corrected chi connectivity index (χ0v) is 6.03.